The van der Waals surface area contributed by atoms with Gasteiger partial charge in [0.2, 0.25) is 0 Å². The van der Waals surface area contributed by atoms with Crippen LogP contribution in [0.25, 0.3) is 0 Å². The average Bonchev–Trinajstić information content (AvgIpc) is 2.77. The van der Waals surface area contributed by atoms with Crippen molar-refractivity contribution >= 4 is 11.5 Å². The lowest BCUT2D eigenvalue weighted by molar-refractivity contribution is -0.116. The molecule has 2 aromatic rings. The maximum absolute atomic E-state index is 13.0. The Bertz CT molecular complexity index is 907. The molecule has 0 fully saturated rings. The molecule has 0 aromatic heterocycles. The molecule has 0 N–H and O–H groups in total. The molecule has 0 atom stereocenters. The molecule has 0 bridgehead atoms. The molecule has 0 amide bonds. The van der Waals surface area contributed by atoms with E-state index in [1.807, 2.05) is 57.2 Å². The molecule has 0 aliphatic carbocycles. The van der Waals surface area contributed by atoms with Crippen molar-refractivity contribution in [1.29, 1.82) is 0 Å². The Hall–Kier alpha value is -2.81. The number of Topliss-reactive ketones (excluding diaryl/α,β-unsaturated/α-hetero) is 1. The van der Waals surface area contributed by atoms with E-state index in [-0.39, 0.29) is 11.6 Å². The Morgan fingerprint density at radius 1 is 1.00 bits per heavy atom. The monoisotopic (exact) mass is 451 g/mol. The van der Waals surface area contributed by atoms with Gasteiger partial charge in [-0.2, -0.15) is 0 Å². The number of hydrogen-bond donors (Lipinski definition) is 0. The number of nitrogens with zero attached hydrogens (tertiary/aromatic N) is 1. The molecule has 0 radical (unpaired) electrons. The zero-order chi connectivity index (χ0) is 25.2. The number of aryl methyl sites for hydroxylation is 1. The smallest absolute Gasteiger partial charge is 0.134 e. The first-order valence-corrected chi connectivity index (χ1v) is 12.0. The summed E-state index contributed by atoms with van der Waals surface area (Å²) in [7, 11) is 0. The molecule has 33 heavy (non-hydrogen) atoms. The molecular formula is C30H42FNO. The minimum absolute atomic E-state index is 0.204. The number of rotatable bonds is 9. The van der Waals surface area contributed by atoms with E-state index in [2.05, 4.69) is 32.3 Å². The van der Waals surface area contributed by atoms with Crippen LogP contribution in [0.15, 0.2) is 77.4 Å². The predicted molar refractivity (Wildman–Crippen MR) is 143 cm³/mol. The molecular weight excluding hydrogens is 409 g/mol. The van der Waals surface area contributed by atoms with Crippen LogP contribution in [0.2, 0.25) is 0 Å². The molecule has 0 saturated heterocycles. The Morgan fingerprint density at radius 2 is 1.64 bits per heavy atom. The highest BCUT2D eigenvalue weighted by Gasteiger charge is 2.10. The zero-order valence-corrected chi connectivity index (χ0v) is 21.7. The quantitative estimate of drug-likeness (QED) is 0.351. The zero-order valence-electron chi connectivity index (χ0n) is 21.7. The number of hydrogen-bond acceptors (Lipinski definition) is 2. The largest absolute Gasteiger partial charge is 0.300 e. The SMILES string of the molecule is C=CN=C(Cc1ccc(F)cc1)/C(CC)=C(\C)CCC.CC.CC(=O)Cc1cccc(C)c1. The van der Waals surface area contributed by atoms with Crippen molar-refractivity contribution in [2.75, 3.05) is 0 Å². The third kappa shape index (κ3) is 12.7. The van der Waals surface area contributed by atoms with Gasteiger partial charge in [0.15, 0.2) is 0 Å². The first-order chi connectivity index (χ1) is 15.8. The maximum atomic E-state index is 13.0. The number of carbonyl (C=O) groups excluding carboxylic acids is 1. The van der Waals surface area contributed by atoms with Crippen molar-refractivity contribution in [3.63, 3.8) is 0 Å². The van der Waals surface area contributed by atoms with E-state index < -0.39 is 0 Å². The second-order valence-electron chi connectivity index (χ2n) is 7.79. The van der Waals surface area contributed by atoms with E-state index in [4.69, 9.17) is 0 Å². The lowest BCUT2D eigenvalue weighted by Crippen LogP contribution is -2.09. The molecule has 2 nitrogen and oxygen atoms in total. The van der Waals surface area contributed by atoms with Gasteiger partial charge in [-0.25, -0.2) is 4.39 Å². The van der Waals surface area contributed by atoms with Crippen molar-refractivity contribution in [3.8, 4) is 0 Å². The van der Waals surface area contributed by atoms with Crippen LogP contribution >= 0.6 is 0 Å². The lowest BCUT2D eigenvalue weighted by Gasteiger charge is -2.13. The molecule has 0 heterocycles. The fourth-order valence-electron chi connectivity index (χ4n) is 3.52. The van der Waals surface area contributed by atoms with Gasteiger partial charge in [0.1, 0.15) is 11.6 Å². The van der Waals surface area contributed by atoms with Gasteiger partial charge in [-0.05, 0) is 62.4 Å². The van der Waals surface area contributed by atoms with Crippen LogP contribution in [0.5, 0.6) is 0 Å². The maximum Gasteiger partial charge on any atom is 0.134 e. The molecule has 0 aliphatic heterocycles. The molecule has 2 rings (SSSR count). The number of carbonyl (C=O) groups is 1. The summed E-state index contributed by atoms with van der Waals surface area (Å²) < 4.78 is 13.0. The molecule has 180 valence electrons. The first kappa shape index (κ1) is 30.2. The lowest BCUT2D eigenvalue weighted by atomic mass is 9.94. The standard InChI is InChI=1S/C18H24FN.C10H12O.C2H6/c1-5-8-14(4)17(6-2)18(20-7-3)13-15-9-11-16(19)12-10-15;1-8-4-3-5-10(6-8)7-9(2)11;1-2/h7,9-12H,3,5-6,8,13H2,1-2,4H3;3-6H,7H2,1-2H3;1-2H3/b17-14+,20-18?;;. The average molecular weight is 452 g/mol. The fraction of sp³-hybridized carbons (Fsp3) is 0.400. The molecule has 0 saturated carbocycles. The van der Waals surface area contributed by atoms with Crippen molar-refractivity contribution in [2.45, 2.75) is 80.6 Å². The molecule has 0 spiro atoms. The highest BCUT2D eigenvalue weighted by Crippen LogP contribution is 2.19. The summed E-state index contributed by atoms with van der Waals surface area (Å²) in [6.07, 6.45) is 6.04. The second kappa shape index (κ2) is 17.7. The van der Waals surface area contributed by atoms with Gasteiger partial charge in [-0.15, -0.1) is 0 Å². The van der Waals surface area contributed by atoms with Gasteiger partial charge < -0.3 is 0 Å². The second-order valence-corrected chi connectivity index (χ2v) is 7.79. The van der Waals surface area contributed by atoms with Crippen molar-refractivity contribution < 1.29 is 9.18 Å². The van der Waals surface area contributed by atoms with Crippen LogP contribution in [0.3, 0.4) is 0 Å². The third-order valence-corrected chi connectivity index (χ3v) is 4.91. The number of aliphatic imine (C=N–C) groups is 1. The van der Waals surface area contributed by atoms with Crippen LogP contribution in [0.4, 0.5) is 4.39 Å². The Morgan fingerprint density at radius 3 is 2.12 bits per heavy atom. The van der Waals surface area contributed by atoms with Gasteiger partial charge in [-0.1, -0.05) is 88.2 Å². The van der Waals surface area contributed by atoms with E-state index >= 15 is 0 Å². The normalized spacial score (nSPS) is 11.3. The highest BCUT2D eigenvalue weighted by atomic mass is 19.1. The predicted octanol–water partition coefficient (Wildman–Crippen LogP) is 8.63. The van der Waals surface area contributed by atoms with Crippen LogP contribution in [0.1, 0.15) is 77.5 Å². The summed E-state index contributed by atoms with van der Waals surface area (Å²) in [6, 6.07) is 14.7. The van der Waals surface area contributed by atoms with Crippen molar-refractivity contribution in [1.82, 2.24) is 0 Å². The summed E-state index contributed by atoms with van der Waals surface area (Å²) in [5.41, 5.74) is 7.12. The number of halogens is 1. The first-order valence-electron chi connectivity index (χ1n) is 12.0. The highest BCUT2D eigenvalue weighted by molar-refractivity contribution is 6.02. The van der Waals surface area contributed by atoms with Crippen LogP contribution in [-0.2, 0) is 17.6 Å². The van der Waals surface area contributed by atoms with E-state index in [1.165, 1.54) is 28.8 Å². The van der Waals surface area contributed by atoms with Crippen LogP contribution in [0, 0.1) is 12.7 Å². The van der Waals surface area contributed by atoms with E-state index in [0.29, 0.717) is 6.42 Å². The number of ketones is 1. The summed E-state index contributed by atoms with van der Waals surface area (Å²) in [5, 5.41) is 0. The summed E-state index contributed by atoms with van der Waals surface area (Å²) >= 11 is 0. The van der Waals surface area contributed by atoms with Gasteiger partial charge in [-0.3, -0.25) is 9.79 Å². The topological polar surface area (TPSA) is 29.4 Å². The Labute approximate surface area is 201 Å². The minimum atomic E-state index is -0.204. The van der Waals surface area contributed by atoms with E-state index in [9.17, 15) is 9.18 Å². The summed E-state index contributed by atoms with van der Waals surface area (Å²) in [4.78, 5) is 15.2. The Kier molecular flexibility index (Phi) is 16.2. The number of allylic oxidation sites excluding steroid dienone is 2. The summed E-state index contributed by atoms with van der Waals surface area (Å²) in [5.74, 6) is 0.0139. The van der Waals surface area contributed by atoms with Crippen LogP contribution < -0.4 is 0 Å². The van der Waals surface area contributed by atoms with E-state index in [0.717, 1.165) is 42.5 Å². The van der Waals surface area contributed by atoms with Gasteiger partial charge >= 0.3 is 0 Å². The Balaban J connectivity index is 0.000000663. The van der Waals surface area contributed by atoms with Gasteiger partial charge in [0.25, 0.3) is 0 Å². The van der Waals surface area contributed by atoms with Crippen molar-refractivity contribution in [2.24, 2.45) is 4.99 Å². The number of benzene rings is 2. The van der Waals surface area contributed by atoms with Gasteiger partial charge in [0.05, 0.1) is 0 Å². The molecule has 0 unspecified atom stereocenters. The van der Waals surface area contributed by atoms with Crippen molar-refractivity contribution in [3.05, 3.63) is 95.0 Å². The molecule has 0 aliphatic rings. The molecule has 2 aromatic carbocycles. The minimum Gasteiger partial charge on any atom is -0.300 e. The van der Waals surface area contributed by atoms with Gasteiger partial charge in [0, 0.05) is 24.8 Å². The van der Waals surface area contributed by atoms with E-state index in [1.54, 1.807) is 13.1 Å². The third-order valence-electron chi connectivity index (χ3n) is 4.91. The summed E-state index contributed by atoms with van der Waals surface area (Å²) in [6.45, 7) is 17.9. The fourth-order valence-corrected chi connectivity index (χ4v) is 3.52. The molecule has 3 heteroatoms. The van der Waals surface area contributed by atoms with Crippen LogP contribution in [-0.4, -0.2) is 11.5 Å².